The zero-order valence-corrected chi connectivity index (χ0v) is 11.3. The first-order valence-electron chi connectivity index (χ1n) is 7.05. The third-order valence-corrected chi connectivity index (χ3v) is 2.78. The molecule has 0 radical (unpaired) electrons. The van der Waals surface area contributed by atoms with Gasteiger partial charge in [-0.2, -0.15) is 0 Å². The lowest BCUT2D eigenvalue weighted by molar-refractivity contribution is 0.556. The minimum absolute atomic E-state index is 0.942. The topological polar surface area (TPSA) is 24.1 Å². The van der Waals surface area contributed by atoms with Crippen molar-refractivity contribution < 1.29 is 0 Å². The van der Waals surface area contributed by atoms with Crippen LogP contribution in [0.2, 0.25) is 0 Å². The van der Waals surface area contributed by atoms with Crippen molar-refractivity contribution in [3.8, 4) is 0 Å². The Kier molecular flexibility index (Phi) is 14.9. The van der Waals surface area contributed by atoms with E-state index in [9.17, 15) is 0 Å². The summed E-state index contributed by atoms with van der Waals surface area (Å²) < 4.78 is 0. The zero-order chi connectivity index (χ0) is 12.6. The number of hydrogen-bond donors (Lipinski definition) is 2. The minimum Gasteiger partial charge on any atom is -0.313 e. The second-order valence-corrected chi connectivity index (χ2v) is 4.46. The van der Waals surface area contributed by atoms with Crippen LogP contribution in [0.3, 0.4) is 0 Å². The van der Waals surface area contributed by atoms with Gasteiger partial charge in [-0.3, -0.25) is 0 Å². The highest BCUT2D eigenvalue weighted by Gasteiger charge is 1.91. The van der Waals surface area contributed by atoms with Gasteiger partial charge in [-0.15, -0.1) is 13.2 Å². The molecule has 0 aromatic carbocycles. The largest absolute Gasteiger partial charge is 0.313 e. The van der Waals surface area contributed by atoms with Gasteiger partial charge in [0.2, 0.25) is 0 Å². The number of rotatable bonds is 14. The first-order chi connectivity index (χ1) is 8.41. The van der Waals surface area contributed by atoms with Crippen LogP contribution < -0.4 is 10.6 Å². The highest BCUT2D eigenvalue weighted by atomic mass is 14.8. The molecule has 0 fully saturated rings. The summed E-state index contributed by atoms with van der Waals surface area (Å²) in [6.07, 6.45) is 13.3. The van der Waals surface area contributed by atoms with Crippen LogP contribution in [-0.2, 0) is 0 Å². The maximum Gasteiger partial charge on any atom is 0.0132 e. The van der Waals surface area contributed by atoms with E-state index >= 15 is 0 Å². The van der Waals surface area contributed by atoms with Crippen LogP contribution in [0, 0.1) is 0 Å². The molecule has 0 atom stereocenters. The van der Waals surface area contributed by atoms with Gasteiger partial charge in [-0.1, -0.05) is 44.3 Å². The predicted octanol–water partition coefficient (Wildman–Crippen LogP) is 3.27. The Morgan fingerprint density at radius 2 is 0.941 bits per heavy atom. The van der Waals surface area contributed by atoms with E-state index in [0.717, 1.165) is 26.2 Å². The molecule has 0 rings (SSSR count). The summed E-state index contributed by atoms with van der Waals surface area (Å²) in [5, 5.41) is 6.66. The van der Waals surface area contributed by atoms with E-state index in [1.807, 2.05) is 12.2 Å². The van der Waals surface area contributed by atoms with Crippen molar-refractivity contribution in [1.82, 2.24) is 10.6 Å². The van der Waals surface area contributed by atoms with Gasteiger partial charge in [-0.05, 0) is 25.9 Å². The number of unbranched alkanes of at least 4 members (excludes halogenated alkanes) is 6. The summed E-state index contributed by atoms with van der Waals surface area (Å²) in [5.74, 6) is 0. The Morgan fingerprint density at radius 1 is 0.588 bits per heavy atom. The van der Waals surface area contributed by atoms with E-state index < -0.39 is 0 Å². The lowest BCUT2D eigenvalue weighted by Crippen LogP contribution is -2.14. The molecule has 0 heterocycles. The van der Waals surface area contributed by atoms with Gasteiger partial charge in [0.15, 0.2) is 0 Å². The van der Waals surface area contributed by atoms with Crippen molar-refractivity contribution in [1.29, 1.82) is 0 Å². The monoisotopic (exact) mass is 238 g/mol. The molecule has 0 aliphatic carbocycles. The summed E-state index contributed by atoms with van der Waals surface area (Å²) in [4.78, 5) is 0. The standard InChI is InChI=1S/C15H30N2/c1-3-12-16-14-10-8-6-5-7-9-11-15-17-13-4-2/h3-4,16-17H,1-2,5-15H2. The molecule has 2 heteroatoms. The maximum atomic E-state index is 3.68. The minimum atomic E-state index is 0.942. The lowest BCUT2D eigenvalue weighted by Gasteiger charge is -2.03. The molecule has 0 saturated heterocycles. The predicted molar refractivity (Wildman–Crippen MR) is 78.5 cm³/mol. The van der Waals surface area contributed by atoms with Gasteiger partial charge in [0.1, 0.15) is 0 Å². The van der Waals surface area contributed by atoms with E-state index in [4.69, 9.17) is 0 Å². The first-order valence-corrected chi connectivity index (χ1v) is 7.05. The summed E-state index contributed by atoms with van der Waals surface area (Å²) in [6, 6.07) is 0. The Labute approximate surface area is 108 Å². The van der Waals surface area contributed by atoms with Crippen molar-refractivity contribution in [2.45, 2.75) is 44.9 Å². The third kappa shape index (κ3) is 15.4. The highest BCUT2D eigenvalue weighted by molar-refractivity contribution is 4.69. The lowest BCUT2D eigenvalue weighted by atomic mass is 10.1. The van der Waals surface area contributed by atoms with Gasteiger partial charge < -0.3 is 10.6 Å². The number of hydrogen-bond acceptors (Lipinski definition) is 2. The van der Waals surface area contributed by atoms with Crippen LogP contribution in [0.15, 0.2) is 25.3 Å². The Bertz CT molecular complexity index is 148. The van der Waals surface area contributed by atoms with Gasteiger partial charge in [0.25, 0.3) is 0 Å². The fraction of sp³-hybridized carbons (Fsp3) is 0.733. The summed E-state index contributed by atoms with van der Waals surface area (Å²) in [7, 11) is 0. The molecule has 100 valence electrons. The first kappa shape index (κ1) is 16.4. The van der Waals surface area contributed by atoms with E-state index in [0.29, 0.717) is 0 Å². The van der Waals surface area contributed by atoms with Crippen LogP contribution in [0.25, 0.3) is 0 Å². The maximum absolute atomic E-state index is 3.68. The van der Waals surface area contributed by atoms with Crippen molar-refractivity contribution in [3.63, 3.8) is 0 Å². The number of nitrogens with one attached hydrogen (secondary N) is 2. The normalized spacial score (nSPS) is 10.4. The molecule has 17 heavy (non-hydrogen) atoms. The summed E-state index contributed by atoms with van der Waals surface area (Å²) in [6.45, 7) is 11.5. The van der Waals surface area contributed by atoms with E-state index in [-0.39, 0.29) is 0 Å². The Hall–Kier alpha value is -0.600. The second-order valence-electron chi connectivity index (χ2n) is 4.46. The zero-order valence-electron chi connectivity index (χ0n) is 11.3. The smallest absolute Gasteiger partial charge is 0.0132 e. The van der Waals surface area contributed by atoms with Crippen molar-refractivity contribution >= 4 is 0 Å². The van der Waals surface area contributed by atoms with Crippen LogP contribution in [0.1, 0.15) is 44.9 Å². The third-order valence-electron chi connectivity index (χ3n) is 2.78. The fourth-order valence-electron chi connectivity index (χ4n) is 1.79. The van der Waals surface area contributed by atoms with Gasteiger partial charge >= 0.3 is 0 Å². The SMILES string of the molecule is C=CCNCCCCCCCCCNCC=C. The van der Waals surface area contributed by atoms with E-state index in [2.05, 4.69) is 23.8 Å². The van der Waals surface area contributed by atoms with Gasteiger partial charge in [0.05, 0.1) is 0 Å². The van der Waals surface area contributed by atoms with Crippen LogP contribution in [-0.4, -0.2) is 26.2 Å². The second kappa shape index (κ2) is 15.4. The molecular formula is C15H30N2. The molecule has 0 spiro atoms. The molecule has 0 aliphatic heterocycles. The molecule has 0 saturated carbocycles. The summed E-state index contributed by atoms with van der Waals surface area (Å²) >= 11 is 0. The van der Waals surface area contributed by atoms with Crippen LogP contribution in [0.5, 0.6) is 0 Å². The van der Waals surface area contributed by atoms with Crippen LogP contribution >= 0.6 is 0 Å². The molecule has 0 aromatic heterocycles. The quantitative estimate of drug-likeness (QED) is 0.358. The highest BCUT2D eigenvalue weighted by Crippen LogP contribution is 2.06. The Morgan fingerprint density at radius 3 is 1.29 bits per heavy atom. The molecule has 2 N–H and O–H groups in total. The van der Waals surface area contributed by atoms with Gasteiger partial charge in [0, 0.05) is 13.1 Å². The fourth-order valence-corrected chi connectivity index (χ4v) is 1.79. The average Bonchev–Trinajstić information content (AvgIpc) is 2.35. The van der Waals surface area contributed by atoms with E-state index in [1.54, 1.807) is 0 Å². The molecule has 0 bridgehead atoms. The van der Waals surface area contributed by atoms with Gasteiger partial charge in [-0.25, -0.2) is 0 Å². The molecule has 0 unspecified atom stereocenters. The molecule has 0 aliphatic rings. The Balaban J connectivity index is 2.89. The van der Waals surface area contributed by atoms with Crippen molar-refractivity contribution in [2.24, 2.45) is 0 Å². The summed E-state index contributed by atoms with van der Waals surface area (Å²) in [5.41, 5.74) is 0. The molecule has 2 nitrogen and oxygen atoms in total. The molecular weight excluding hydrogens is 208 g/mol. The van der Waals surface area contributed by atoms with Crippen molar-refractivity contribution in [3.05, 3.63) is 25.3 Å². The molecule has 0 aromatic rings. The van der Waals surface area contributed by atoms with Crippen molar-refractivity contribution in [2.75, 3.05) is 26.2 Å². The van der Waals surface area contributed by atoms with E-state index in [1.165, 1.54) is 44.9 Å². The van der Waals surface area contributed by atoms with Crippen LogP contribution in [0.4, 0.5) is 0 Å². The molecule has 0 amide bonds. The average molecular weight is 238 g/mol.